The topological polar surface area (TPSA) is 124 Å². The molecule has 6 aromatic carbocycles. The van der Waals surface area contributed by atoms with Crippen LogP contribution in [0.2, 0.25) is 0 Å². The van der Waals surface area contributed by atoms with E-state index in [1.807, 2.05) is 6.07 Å². The van der Waals surface area contributed by atoms with Crippen LogP contribution < -0.4 is 28.4 Å². The van der Waals surface area contributed by atoms with Crippen LogP contribution in [0.15, 0.2) is 146 Å². The molecular formula is C62H70O10. The Kier molecular flexibility index (Phi) is 22.0. The summed E-state index contributed by atoms with van der Waals surface area (Å²) in [7, 11) is 0. The third kappa shape index (κ3) is 18.5. The predicted octanol–water partition coefficient (Wildman–Crippen LogP) is 15.8. The first kappa shape index (κ1) is 54.1. The van der Waals surface area contributed by atoms with Gasteiger partial charge in [0, 0.05) is 0 Å². The van der Waals surface area contributed by atoms with E-state index in [9.17, 15) is 19.2 Å². The molecule has 0 fully saturated rings. The molecule has 72 heavy (non-hydrogen) atoms. The van der Waals surface area contributed by atoms with Crippen LogP contribution in [0.4, 0.5) is 0 Å². The van der Waals surface area contributed by atoms with Crippen LogP contribution in [0, 0.1) is 11.8 Å². The Bertz CT molecular complexity index is 2580. The number of benzene rings is 6. The zero-order chi connectivity index (χ0) is 50.9. The van der Waals surface area contributed by atoms with Crippen LogP contribution in [0.3, 0.4) is 0 Å². The van der Waals surface area contributed by atoms with Crippen molar-refractivity contribution in [3.8, 4) is 45.6 Å². The van der Waals surface area contributed by atoms with Crippen LogP contribution in [-0.4, -0.2) is 37.1 Å². The predicted molar refractivity (Wildman–Crippen MR) is 283 cm³/mol. The lowest BCUT2D eigenvalue weighted by molar-refractivity contribution is 0.0720. The zero-order valence-electron chi connectivity index (χ0n) is 42.4. The lowest BCUT2D eigenvalue weighted by Crippen LogP contribution is -2.10. The SMILES string of the molecule is CCCCCCCCCCCCOc1ccc(C(=O)Oc2ccc(C(=O)Oc3ccc(-c4cccc(C(=O)Oc5ccc(C(=O)Oc6ccc(OCC[C@H](C)CCCC(C)C)cc6)cc5)c4)cc3)cc2)cc1. The molecule has 0 saturated carbocycles. The van der Waals surface area contributed by atoms with Gasteiger partial charge in [-0.25, -0.2) is 19.2 Å². The zero-order valence-corrected chi connectivity index (χ0v) is 42.4. The van der Waals surface area contributed by atoms with Gasteiger partial charge in [-0.1, -0.05) is 129 Å². The molecule has 0 heterocycles. The number of rotatable bonds is 29. The van der Waals surface area contributed by atoms with E-state index >= 15 is 0 Å². The summed E-state index contributed by atoms with van der Waals surface area (Å²) in [6, 6.07) is 40.0. The number of esters is 4. The summed E-state index contributed by atoms with van der Waals surface area (Å²) in [5.74, 6) is 1.81. The minimum Gasteiger partial charge on any atom is -0.494 e. The summed E-state index contributed by atoms with van der Waals surface area (Å²) in [6.07, 6.45) is 17.3. The maximum Gasteiger partial charge on any atom is 0.343 e. The Hall–Kier alpha value is -7.20. The maximum absolute atomic E-state index is 13.2. The molecule has 10 heteroatoms. The van der Waals surface area contributed by atoms with Crippen LogP contribution in [0.5, 0.6) is 34.5 Å². The molecule has 378 valence electrons. The van der Waals surface area contributed by atoms with Crippen molar-refractivity contribution >= 4 is 23.9 Å². The van der Waals surface area contributed by atoms with E-state index in [1.165, 1.54) is 82.8 Å². The molecule has 0 aromatic heterocycles. The molecule has 0 aliphatic heterocycles. The first-order chi connectivity index (χ1) is 35.0. The maximum atomic E-state index is 13.2. The van der Waals surface area contributed by atoms with Gasteiger partial charge in [-0.15, -0.1) is 0 Å². The fourth-order valence-electron chi connectivity index (χ4n) is 7.99. The standard InChI is InChI=1S/C62H70O10/c1-5-6-7-8-9-10-11-12-13-14-42-67-53-29-23-48(24-30-53)59(63)70-56-33-25-49(26-34-56)60(64)69-55-31-21-47(22-32-55)51-19-16-20-52(44-51)62(66)72-57-35-27-50(28-36-57)61(65)71-58-39-37-54(38-40-58)68-43-41-46(4)18-15-17-45(2)3/h16,19-40,44-46H,5-15,17-18,41-43H2,1-4H3/t46-/m1/s1. The smallest absolute Gasteiger partial charge is 0.343 e. The van der Waals surface area contributed by atoms with Crippen molar-refractivity contribution in [2.45, 2.75) is 118 Å². The van der Waals surface area contributed by atoms with Crippen molar-refractivity contribution in [1.82, 2.24) is 0 Å². The summed E-state index contributed by atoms with van der Waals surface area (Å²) in [5.41, 5.74) is 2.81. The Balaban J connectivity index is 0.895. The molecule has 6 rings (SSSR count). The second-order valence-electron chi connectivity index (χ2n) is 18.8. The Morgan fingerprint density at radius 1 is 0.361 bits per heavy atom. The molecule has 0 unspecified atom stereocenters. The van der Waals surface area contributed by atoms with E-state index in [0.717, 1.165) is 42.1 Å². The van der Waals surface area contributed by atoms with Crippen LogP contribution in [0.25, 0.3) is 11.1 Å². The molecular weight excluding hydrogens is 905 g/mol. The van der Waals surface area contributed by atoms with E-state index in [1.54, 1.807) is 127 Å². The second kappa shape index (κ2) is 29.2. The Morgan fingerprint density at radius 2 is 0.750 bits per heavy atom. The summed E-state index contributed by atoms with van der Waals surface area (Å²) < 4.78 is 34.1. The van der Waals surface area contributed by atoms with Gasteiger partial charge in [-0.2, -0.15) is 0 Å². The molecule has 0 bridgehead atoms. The van der Waals surface area contributed by atoms with Gasteiger partial charge in [0.15, 0.2) is 0 Å². The molecule has 0 N–H and O–H groups in total. The Morgan fingerprint density at radius 3 is 1.22 bits per heavy atom. The summed E-state index contributed by atoms with van der Waals surface area (Å²) in [5, 5.41) is 0. The van der Waals surface area contributed by atoms with Gasteiger partial charge in [0.05, 0.1) is 35.5 Å². The lowest BCUT2D eigenvalue weighted by atomic mass is 9.98. The third-order valence-corrected chi connectivity index (χ3v) is 12.3. The summed E-state index contributed by atoms with van der Waals surface area (Å²) >= 11 is 0. The van der Waals surface area contributed by atoms with Gasteiger partial charge in [0.2, 0.25) is 0 Å². The quantitative estimate of drug-likeness (QED) is 0.0255. The van der Waals surface area contributed by atoms with E-state index < -0.39 is 23.9 Å². The molecule has 0 saturated heterocycles. The van der Waals surface area contributed by atoms with Crippen molar-refractivity contribution in [2.24, 2.45) is 11.8 Å². The number of hydrogen-bond donors (Lipinski definition) is 0. The van der Waals surface area contributed by atoms with Crippen LogP contribution >= 0.6 is 0 Å². The van der Waals surface area contributed by atoms with E-state index in [-0.39, 0.29) is 17.1 Å². The highest BCUT2D eigenvalue weighted by Crippen LogP contribution is 2.27. The van der Waals surface area contributed by atoms with Crippen molar-refractivity contribution in [3.63, 3.8) is 0 Å². The monoisotopic (exact) mass is 974 g/mol. The molecule has 6 aromatic rings. The fraction of sp³-hybridized carbons (Fsp3) is 0.355. The van der Waals surface area contributed by atoms with Gasteiger partial charge in [0.25, 0.3) is 0 Å². The molecule has 1 atom stereocenters. The highest BCUT2D eigenvalue weighted by Gasteiger charge is 2.16. The van der Waals surface area contributed by atoms with E-state index in [0.29, 0.717) is 53.1 Å². The van der Waals surface area contributed by atoms with Gasteiger partial charge in [-0.3, -0.25) is 0 Å². The largest absolute Gasteiger partial charge is 0.494 e. The normalized spacial score (nSPS) is 11.4. The van der Waals surface area contributed by atoms with Crippen molar-refractivity contribution in [1.29, 1.82) is 0 Å². The Labute approximate surface area is 426 Å². The van der Waals surface area contributed by atoms with Gasteiger partial charge < -0.3 is 28.4 Å². The van der Waals surface area contributed by atoms with Crippen molar-refractivity contribution < 1.29 is 47.6 Å². The first-order valence-corrected chi connectivity index (χ1v) is 25.8. The van der Waals surface area contributed by atoms with E-state index in [4.69, 9.17) is 28.4 Å². The highest BCUT2D eigenvalue weighted by atomic mass is 16.5. The fourth-order valence-corrected chi connectivity index (χ4v) is 7.99. The molecule has 0 spiro atoms. The number of hydrogen-bond acceptors (Lipinski definition) is 10. The van der Waals surface area contributed by atoms with Gasteiger partial charge >= 0.3 is 23.9 Å². The van der Waals surface area contributed by atoms with Crippen LogP contribution in [-0.2, 0) is 0 Å². The first-order valence-electron chi connectivity index (χ1n) is 25.8. The van der Waals surface area contributed by atoms with Crippen LogP contribution in [0.1, 0.15) is 159 Å². The van der Waals surface area contributed by atoms with Crippen molar-refractivity contribution in [3.05, 3.63) is 168 Å². The second-order valence-corrected chi connectivity index (χ2v) is 18.8. The lowest BCUT2D eigenvalue weighted by Gasteiger charge is -2.13. The average molecular weight is 975 g/mol. The van der Waals surface area contributed by atoms with Gasteiger partial charge in [0.1, 0.15) is 34.5 Å². The molecule has 0 aliphatic carbocycles. The molecule has 10 nitrogen and oxygen atoms in total. The number of ether oxygens (including phenoxy) is 6. The minimum absolute atomic E-state index is 0.265. The number of unbranched alkanes of at least 4 members (excludes halogenated alkanes) is 9. The average Bonchev–Trinajstić information content (AvgIpc) is 3.39. The third-order valence-electron chi connectivity index (χ3n) is 12.3. The molecule has 0 aliphatic rings. The number of carbonyl (C=O) groups is 4. The highest BCUT2D eigenvalue weighted by molar-refractivity contribution is 5.94. The van der Waals surface area contributed by atoms with Gasteiger partial charge in [-0.05, 0) is 157 Å². The van der Waals surface area contributed by atoms with E-state index in [2.05, 4.69) is 27.7 Å². The molecule has 0 amide bonds. The minimum atomic E-state index is -0.581. The summed E-state index contributed by atoms with van der Waals surface area (Å²) in [4.78, 5) is 51.9. The number of carbonyl (C=O) groups excluding carboxylic acids is 4. The molecule has 0 radical (unpaired) electrons. The van der Waals surface area contributed by atoms with Crippen molar-refractivity contribution in [2.75, 3.05) is 13.2 Å². The summed E-state index contributed by atoms with van der Waals surface area (Å²) in [6.45, 7) is 10.3.